The number of carboxylic acids is 1. The minimum absolute atomic E-state index is 0.0619. The lowest BCUT2D eigenvalue weighted by Gasteiger charge is -2.39. The Labute approximate surface area is 159 Å². The fourth-order valence-electron chi connectivity index (χ4n) is 3.17. The molecule has 2 heterocycles. The molecule has 154 valence electrons. The van der Waals surface area contributed by atoms with Crippen molar-refractivity contribution in [2.24, 2.45) is 0 Å². The van der Waals surface area contributed by atoms with E-state index in [0.29, 0.717) is 22.3 Å². The van der Waals surface area contributed by atoms with Gasteiger partial charge in [0.05, 0.1) is 25.4 Å². The van der Waals surface area contributed by atoms with Gasteiger partial charge in [0.25, 0.3) is 0 Å². The van der Waals surface area contributed by atoms with Gasteiger partial charge in [-0.1, -0.05) is 0 Å². The highest BCUT2D eigenvalue weighted by Crippen LogP contribution is 2.40. The van der Waals surface area contributed by atoms with E-state index in [9.17, 15) is 25.2 Å². The number of hydrogen-bond acceptors (Lipinski definition) is 9. The molecular weight excluding hydrogens is 376 g/mol. The molecule has 0 spiro atoms. The molecule has 0 radical (unpaired) electrons. The summed E-state index contributed by atoms with van der Waals surface area (Å²) < 4.78 is 21.9. The van der Waals surface area contributed by atoms with Gasteiger partial charge in [0.15, 0.2) is 0 Å². The molecule has 2 aromatic rings. The normalized spacial score (nSPS) is 27.7. The van der Waals surface area contributed by atoms with Crippen LogP contribution >= 0.6 is 0 Å². The van der Waals surface area contributed by atoms with E-state index in [0.717, 1.165) is 0 Å². The zero-order chi connectivity index (χ0) is 20.4. The van der Waals surface area contributed by atoms with Crippen molar-refractivity contribution < 1.29 is 49.0 Å². The van der Waals surface area contributed by atoms with Gasteiger partial charge in [-0.05, 0) is 12.5 Å². The predicted octanol–water partition coefficient (Wildman–Crippen LogP) is -0.363. The highest BCUT2D eigenvalue weighted by Gasteiger charge is 2.45. The molecule has 0 amide bonds. The van der Waals surface area contributed by atoms with Gasteiger partial charge in [0, 0.05) is 18.1 Å². The lowest BCUT2D eigenvalue weighted by Crippen LogP contribution is -2.60. The Morgan fingerprint density at radius 3 is 2.61 bits per heavy atom. The number of ether oxygens (including phenoxy) is 3. The van der Waals surface area contributed by atoms with Gasteiger partial charge in [-0.3, -0.25) is 4.79 Å². The van der Waals surface area contributed by atoms with Crippen LogP contribution in [0.2, 0.25) is 0 Å². The minimum Gasteiger partial charge on any atom is -0.496 e. The van der Waals surface area contributed by atoms with Crippen LogP contribution in [0.5, 0.6) is 11.5 Å². The van der Waals surface area contributed by atoms with Crippen LogP contribution in [0.1, 0.15) is 12.0 Å². The van der Waals surface area contributed by atoms with Crippen molar-refractivity contribution in [3.63, 3.8) is 0 Å². The third-order valence-electron chi connectivity index (χ3n) is 4.66. The van der Waals surface area contributed by atoms with Crippen LogP contribution in [-0.2, 0) is 16.0 Å². The summed E-state index contributed by atoms with van der Waals surface area (Å²) >= 11 is 0. The number of rotatable bonds is 7. The SMILES string of the molecule is COc1cc2occc2c(OC2OC(CO)C(O)C(O)C2O)c1CCC(=O)O. The molecule has 0 bridgehead atoms. The van der Waals surface area contributed by atoms with E-state index in [1.165, 1.54) is 13.4 Å². The molecule has 28 heavy (non-hydrogen) atoms. The first-order valence-corrected chi connectivity index (χ1v) is 8.63. The maximum atomic E-state index is 11.0. The van der Waals surface area contributed by atoms with E-state index in [1.807, 2.05) is 0 Å². The van der Waals surface area contributed by atoms with Crippen molar-refractivity contribution >= 4 is 16.9 Å². The first kappa shape index (κ1) is 20.4. The fourth-order valence-corrected chi connectivity index (χ4v) is 3.17. The fraction of sp³-hybridized carbons (Fsp3) is 0.500. The van der Waals surface area contributed by atoms with Gasteiger partial charge in [0.1, 0.15) is 41.5 Å². The van der Waals surface area contributed by atoms with E-state index in [-0.39, 0.29) is 18.6 Å². The Morgan fingerprint density at radius 2 is 1.96 bits per heavy atom. The van der Waals surface area contributed by atoms with Crippen LogP contribution in [-0.4, -0.2) is 75.9 Å². The molecule has 1 aliphatic rings. The van der Waals surface area contributed by atoms with E-state index in [4.69, 9.17) is 23.7 Å². The van der Waals surface area contributed by atoms with Gasteiger partial charge in [-0.15, -0.1) is 0 Å². The van der Waals surface area contributed by atoms with Crippen LogP contribution < -0.4 is 9.47 Å². The van der Waals surface area contributed by atoms with Gasteiger partial charge in [-0.25, -0.2) is 0 Å². The topological polar surface area (TPSA) is 159 Å². The second kappa shape index (κ2) is 8.33. The summed E-state index contributed by atoms with van der Waals surface area (Å²) in [6, 6.07) is 3.19. The average Bonchev–Trinajstić information content (AvgIpc) is 3.15. The molecule has 1 saturated heterocycles. The highest BCUT2D eigenvalue weighted by atomic mass is 16.7. The Hall–Kier alpha value is -2.37. The number of furan rings is 1. The Bertz CT molecular complexity index is 829. The predicted molar refractivity (Wildman–Crippen MR) is 93.1 cm³/mol. The second-order valence-electron chi connectivity index (χ2n) is 6.43. The number of aliphatic hydroxyl groups excluding tert-OH is 4. The standard InChI is InChI=1S/C18H22O10/c1-25-10-6-11-9(4-5-26-11)17(8(10)2-3-13(20)21)28-18-16(24)15(23)14(22)12(7-19)27-18/h4-6,12,14-16,18-19,22-24H,2-3,7H2,1H3,(H,20,21). The lowest BCUT2D eigenvalue weighted by atomic mass is 9.99. The van der Waals surface area contributed by atoms with Crippen molar-refractivity contribution in [3.05, 3.63) is 24.0 Å². The zero-order valence-electron chi connectivity index (χ0n) is 15.0. The molecule has 10 heteroatoms. The van der Waals surface area contributed by atoms with Gasteiger partial charge < -0.3 is 44.2 Å². The van der Waals surface area contributed by atoms with Crippen molar-refractivity contribution in [2.75, 3.05) is 13.7 Å². The molecule has 5 atom stereocenters. The summed E-state index contributed by atoms with van der Waals surface area (Å²) in [7, 11) is 1.41. The van der Waals surface area contributed by atoms with Gasteiger partial charge in [0.2, 0.25) is 6.29 Å². The number of hydrogen-bond donors (Lipinski definition) is 5. The van der Waals surface area contributed by atoms with Crippen molar-refractivity contribution in [3.8, 4) is 11.5 Å². The Morgan fingerprint density at radius 1 is 1.21 bits per heavy atom. The first-order valence-electron chi connectivity index (χ1n) is 8.63. The summed E-state index contributed by atoms with van der Waals surface area (Å²) in [6.45, 7) is -0.601. The highest BCUT2D eigenvalue weighted by molar-refractivity contribution is 5.88. The third-order valence-corrected chi connectivity index (χ3v) is 4.66. The van der Waals surface area contributed by atoms with E-state index < -0.39 is 43.3 Å². The first-order chi connectivity index (χ1) is 13.4. The maximum absolute atomic E-state index is 11.0. The average molecular weight is 398 g/mol. The van der Waals surface area contributed by atoms with Crippen LogP contribution in [0, 0.1) is 0 Å². The summed E-state index contributed by atoms with van der Waals surface area (Å²) in [6.07, 6.45) is -6.05. The van der Waals surface area contributed by atoms with Crippen LogP contribution in [0.25, 0.3) is 11.0 Å². The number of carbonyl (C=O) groups is 1. The van der Waals surface area contributed by atoms with Crippen molar-refractivity contribution in [1.29, 1.82) is 0 Å². The summed E-state index contributed by atoms with van der Waals surface area (Å²) in [4.78, 5) is 11.0. The van der Waals surface area contributed by atoms with Gasteiger partial charge in [-0.2, -0.15) is 0 Å². The number of benzene rings is 1. The summed E-state index contributed by atoms with van der Waals surface area (Å²) in [5.74, 6) is -0.537. The monoisotopic (exact) mass is 398 g/mol. The molecule has 1 fully saturated rings. The molecule has 5 unspecified atom stereocenters. The molecule has 10 nitrogen and oxygen atoms in total. The molecule has 0 saturated carbocycles. The minimum atomic E-state index is -1.61. The molecule has 5 N–H and O–H groups in total. The third kappa shape index (κ3) is 3.77. The molecular formula is C18H22O10. The molecule has 1 aromatic heterocycles. The number of methoxy groups -OCH3 is 1. The second-order valence-corrected chi connectivity index (χ2v) is 6.43. The van der Waals surface area contributed by atoms with E-state index in [2.05, 4.69) is 0 Å². The number of carboxylic acid groups (broad SMARTS) is 1. The Balaban J connectivity index is 2.01. The molecule has 1 aromatic carbocycles. The van der Waals surface area contributed by atoms with E-state index >= 15 is 0 Å². The van der Waals surface area contributed by atoms with Crippen LogP contribution in [0.15, 0.2) is 22.8 Å². The number of fused-ring (bicyclic) bond motifs is 1. The number of aliphatic hydroxyl groups is 4. The van der Waals surface area contributed by atoms with Gasteiger partial charge >= 0.3 is 5.97 Å². The molecule has 1 aliphatic heterocycles. The quantitative estimate of drug-likeness (QED) is 0.417. The lowest BCUT2D eigenvalue weighted by molar-refractivity contribution is -0.277. The Kier molecular flexibility index (Phi) is 6.06. The molecule has 0 aliphatic carbocycles. The number of aliphatic carboxylic acids is 1. The van der Waals surface area contributed by atoms with E-state index in [1.54, 1.807) is 12.1 Å². The largest absolute Gasteiger partial charge is 0.496 e. The van der Waals surface area contributed by atoms with Crippen molar-refractivity contribution in [2.45, 2.75) is 43.5 Å². The van der Waals surface area contributed by atoms with Crippen LogP contribution in [0.4, 0.5) is 0 Å². The van der Waals surface area contributed by atoms with Crippen molar-refractivity contribution in [1.82, 2.24) is 0 Å². The van der Waals surface area contributed by atoms with Crippen LogP contribution in [0.3, 0.4) is 0 Å². The zero-order valence-corrected chi connectivity index (χ0v) is 15.0. The maximum Gasteiger partial charge on any atom is 0.303 e. The smallest absolute Gasteiger partial charge is 0.303 e. The summed E-state index contributed by atoms with van der Waals surface area (Å²) in [5.41, 5.74) is 0.811. The summed E-state index contributed by atoms with van der Waals surface area (Å²) in [5, 5.41) is 49.0. The molecule has 3 rings (SSSR count).